The second-order valence-electron chi connectivity index (χ2n) is 5.01. The number of nitrogens with two attached hydrogens (primary N) is 1. The molecule has 2 aromatic rings. The lowest BCUT2D eigenvalue weighted by molar-refractivity contribution is -0.147. The zero-order valence-electron chi connectivity index (χ0n) is 11.4. The molecule has 0 saturated carbocycles. The van der Waals surface area contributed by atoms with Gasteiger partial charge in [-0.05, 0) is 12.0 Å². The maximum Gasteiger partial charge on any atom is 0.310 e. The zero-order chi connectivity index (χ0) is 14.0. The Hall–Kier alpha value is -1.81. The Morgan fingerprint density at radius 3 is 2.63 bits per heavy atom. The van der Waals surface area contributed by atoms with E-state index in [0.717, 1.165) is 16.5 Å². The predicted molar refractivity (Wildman–Crippen MR) is 73.5 cm³/mol. The third-order valence-electron chi connectivity index (χ3n) is 3.45. The Morgan fingerprint density at radius 2 is 2.00 bits per heavy atom. The summed E-state index contributed by atoms with van der Waals surface area (Å²) < 4.78 is 10.3. The molecule has 2 atom stereocenters. The van der Waals surface area contributed by atoms with Gasteiger partial charge in [0.1, 0.15) is 5.58 Å². The van der Waals surface area contributed by atoms with Crippen LogP contribution in [0.2, 0.25) is 0 Å². The molecule has 1 heterocycles. The van der Waals surface area contributed by atoms with Gasteiger partial charge < -0.3 is 14.9 Å². The molecule has 102 valence electrons. The second-order valence-corrected chi connectivity index (χ2v) is 5.01. The smallest absolute Gasteiger partial charge is 0.310 e. The highest BCUT2D eigenvalue weighted by atomic mass is 16.5. The van der Waals surface area contributed by atoms with Gasteiger partial charge in [-0.25, -0.2) is 0 Å². The maximum absolute atomic E-state index is 11.9. The van der Waals surface area contributed by atoms with Gasteiger partial charge in [-0.2, -0.15) is 0 Å². The highest BCUT2D eigenvalue weighted by Gasteiger charge is 2.32. The van der Waals surface area contributed by atoms with Gasteiger partial charge in [-0.3, -0.25) is 4.79 Å². The number of esters is 1. The van der Waals surface area contributed by atoms with Crippen molar-refractivity contribution < 1.29 is 13.9 Å². The van der Waals surface area contributed by atoms with Crippen LogP contribution >= 0.6 is 0 Å². The number of methoxy groups -OCH3 is 1. The Kier molecular flexibility index (Phi) is 3.90. The summed E-state index contributed by atoms with van der Waals surface area (Å²) in [6.45, 7) is 3.92. The number of para-hydroxylation sites is 1. The van der Waals surface area contributed by atoms with Gasteiger partial charge in [-0.1, -0.05) is 32.0 Å². The van der Waals surface area contributed by atoms with Crippen molar-refractivity contribution in [2.75, 3.05) is 7.11 Å². The van der Waals surface area contributed by atoms with Crippen LogP contribution in [0.3, 0.4) is 0 Å². The third-order valence-corrected chi connectivity index (χ3v) is 3.45. The van der Waals surface area contributed by atoms with Gasteiger partial charge in [0.05, 0.1) is 19.3 Å². The summed E-state index contributed by atoms with van der Waals surface area (Å²) in [7, 11) is 1.39. The van der Waals surface area contributed by atoms with Crippen molar-refractivity contribution in [1.29, 1.82) is 0 Å². The molecular formula is C15H19NO3. The average Bonchev–Trinajstić information content (AvgIpc) is 2.81. The Labute approximate surface area is 112 Å². The molecule has 0 aliphatic carbocycles. The molecule has 2 rings (SSSR count). The van der Waals surface area contributed by atoms with E-state index in [0.29, 0.717) is 0 Å². The Balaban J connectivity index is 2.41. The fourth-order valence-corrected chi connectivity index (χ4v) is 2.42. The number of furan rings is 1. The molecule has 1 aromatic carbocycles. The monoisotopic (exact) mass is 261 g/mol. The number of hydrogen-bond donors (Lipinski definition) is 1. The molecule has 0 amide bonds. The van der Waals surface area contributed by atoms with Crippen LogP contribution in [0.25, 0.3) is 11.0 Å². The molecule has 0 spiro atoms. The molecule has 0 bridgehead atoms. The van der Waals surface area contributed by atoms with Crippen molar-refractivity contribution in [2.24, 2.45) is 17.6 Å². The average molecular weight is 261 g/mol. The van der Waals surface area contributed by atoms with Crippen LogP contribution in [0.5, 0.6) is 0 Å². The summed E-state index contributed by atoms with van der Waals surface area (Å²) in [6, 6.07) is 7.23. The quantitative estimate of drug-likeness (QED) is 0.859. The lowest BCUT2D eigenvalue weighted by Crippen LogP contribution is -2.33. The summed E-state index contributed by atoms with van der Waals surface area (Å²) in [4.78, 5) is 11.9. The van der Waals surface area contributed by atoms with E-state index in [2.05, 4.69) is 0 Å². The molecule has 1 aromatic heterocycles. The highest BCUT2D eigenvalue weighted by Crippen LogP contribution is 2.32. The molecular weight excluding hydrogens is 242 g/mol. The van der Waals surface area contributed by atoms with Crippen LogP contribution in [0.1, 0.15) is 25.5 Å². The minimum Gasteiger partial charge on any atom is -0.469 e. The van der Waals surface area contributed by atoms with Crippen LogP contribution < -0.4 is 5.73 Å². The number of carbonyl (C=O) groups excluding carboxylic acids is 1. The van der Waals surface area contributed by atoms with E-state index in [-0.39, 0.29) is 17.8 Å². The van der Waals surface area contributed by atoms with E-state index in [1.807, 2.05) is 38.1 Å². The highest BCUT2D eigenvalue weighted by molar-refractivity contribution is 5.83. The summed E-state index contributed by atoms with van der Waals surface area (Å²) in [5.74, 6) is -0.574. The first kappa shape index (κ1) is 13.6. The molecule has 0 radical (unpaired) electrons. The van der Waals surface area contributed by atoms with Crippen molar-refractivity contribution in [3.05, 3.63) is 36.1 Å². The third kappa shape index (κ3) is 2.49. The van der Waals surface area contributed by atoms with Crippen molar-refractivity contribution in [2.45, 2.75) is 19.9 Å². The maximum atomic E-state index is 11.9. The summed E-state index contributed by atoms with van der Waals surface area (Å²) in [5, 5.41) is 0.949. The predicted octanol–water partition coefficient (Wildman–Crippen LogP) is 2.88. The summed E-state index contributed by atoms with van der Waals surface area (Å²) >= 11 is 0. The van der Waals surface area contributed by atoms with Crippen LogP contribution in [-0.4, -0.2) is 13.1 Å². The fraction of sp³-hybridized carbons (Fsp3) is 0.400. The SMILES string of the molecule is COC(=O)C(C(C)C)C(N)c1coc2ccccc12. The standard InChI is InChI=1S/C15H19NO3/c1-9(2)13(15(17)18-3)14(16)11-8-19-12-7-5-4-6-10(11)12/h4-9,13-14H,16H2,1-3H3. The van der Waals surface area contributed by atoms with Gasteiger partial charge in [-0.15, -0.1) is 0 Å². The van der Waals surface area contributed by atoms with E-state index < -0.39 is 6.04 Å². The number of ether oxygens (including phenoxy) is 1. The Morgan fingerprint density at radius 1 is 1.32 bits per heavy atom. The van der Waals surface area contributed by atoms with Crippen LogP contribution in [0.15, 0.2) is 34.9 Å². The zero-order valence-corrected chi connectivity index (χ0v) is 11.4. The van der Waals surface area contributed by atoms with E-state index in [9.17, 15) is 4.79 Å². The molecule has 2 unspecified atom stereocenters. The minimum atomic E-state index is -0.434. The number of hydrogen-bond acceptors (Lipinski definition) is 4. The van der Waals surface area contributed by atoms with Crippen LogP contribution in [-0.2, 0) is 9.53 Å². The van der Waals surface area contributed by atoms with Gasteiger partial charge in [0.2, 0.25) is 0 Å². The summed E-state index contributed by atoms with van der Waals surface area (Å²) in [6.07, 6.45) is 1.63. The first-order chi connectivity index (χ1) is 9.06. The molecule has 4 heteroatoms. The molecule has 0 aliphatic rings. The normalized spacial score (nSPS) is 14.6. The van der Waals surface area contributed by atoms with Gasteiger partial charge in [0, 0.05) is 17.0 Å². The van der Waals surface area contributed by atoms with E-state index >= 15 is 0 Å². The van der Waals surface area contributed by atoms with Gasteiger partial charge in [0.25, 0.3) is 0 Å². The molecule has 0 aliphatic heterocycles. The topological polar surface area (TPSA) is 65.5 Å². The molecule has 2 N–H and O–H groups in total. The number of carbonyl (C=O) groups is 1. The van der Waals surface area contributed by atoms with Crippen LogP contribution in [0.4, 0.5) is 0 Å². The van der Waals surface area contributed by atoms with Crippen molar-refractivity contribution >= 4 is 16.9 Å². The number of benzene rings is 1. The van der Waals surface area contributed by atoms with E-state index in [1.165, 1.54) is 7.11 Å². The largest absolute Gasteiger partial charge is 0.469 e. The van der Waals surface area contributed by atoms with Crippen molar-refractivity contribution in [3.8, 4) is 0 Å². The molecule has 0 saturated heterocycles. The molecule has 19 heavy (non-hydrogen) atoms. The number of rotatable bonds is 4. The molecule has 0 fully saturated rings. The first-order valence-electron chi connectivity index (χ1n) is 6.35. The van der Waals surface area contributed by atoms with E-state index in [4.69, 9.17) is 14.9 Å². The lowest BCUT2D eigenvalue weighted by atomic mass is 9.85. The van der Waals surface area contributed by atoms with Crippen LogP contribution in [0, 0.1) is 11.8 Å². The number of fused-ring (bicyclic) bond motifs is 1. The lowest BCUT2D eigenvalue weighted by Gasteiger charge is -2.24. The Bertz CT molecular complexity index is 574. The first-order valence-corrected chi connectivity index (χ1v) is 6.35. The van der Waals surface area contributed by atoms with Crippen molar-refractivity contribution in [3.63, 3.8) is 0 Å². The van der Waals surface area contributed by atoms with E-state index in [1.54, 1.807) is 6.26 Å². The second kappa shape index (κ2) is 5.45. The summed E-state index contributed by atoms with van der Waals surface area (Å²) in [5.41, 5.74) is 7.89. The molecule has 4 nitrogen and oxygen atoms in total. The minimum absolute atomic E-state index is 0.0936. The van der Waals surface area contributed by atoms with Gasteiger partial charge in [0.15, 0.2) is 0 Å². The fourth-order valence-electron chi connectivity index (χ4n) is 2.42. The van der Waals surface area contributed by atoms with Crippen molar-refractivity contribution in [1.82, 2.24) is 0 Å². The van der Waals surface area contributed by atoms with Gasteiger partial charge >= 0.3 is 5.97 Å².